The highest BCUT2D eigenvalue weighted by Gasteiger charge is 2.32. The van der Waals surface area contributed by atoms with Crippen molar-refractivity contribution in [2.75, 3.05) is 0 Å². The molecule has 10 heteroatoms. The van der Waals surface area contributed by atoms with Crippen LogP contribution in [0, 0.1) is 20.2 Å². The molecule has 1 aromatic carbocycles. The number of alkyl halides is 2. The van der Waals surface area contributed by atoms with Gasteiger partial charge in [0.2, 0.25) is 5.78 Å². The van der Waals surface area contributed by atoms with Gasteiger partial charge in [0.15, 0.2) is 5.76 Å². The fourth-order valence-corrected chi connectivity index (χ4v) is 3.01. The summed E-state index contributed by atoms with van der Waals surface area (Å²) in [6, 6.07) is 8.23. The number of hydrogen-bond acceptors (Lipinski definition) is 6. The fourth-order valence-electron chi connectivity index (χ4n) is 1.87. The average molecular weight is 448 g/mol. The normalized spacial score (nSPS) is 13.3. The molecule has 2 unspecified atom stereocenters. The van der Waals surface area contributed by atoms with Crippen molar-refractivity contribution in [3.05, 3.63) is 68.0 Å². The van der Waals surface area contributed by atoms with Crippen LogP contribution in [-0.4, -0.2) is 20.5 Å². The lowest BCUT2D eigenvalue weighted by Gasteiger charge is -2.15. The topological polar surface area (TPSA) is 116 Å². The number of rotatable bonds is 6. The van der Waals surface area contributed by atoms with Gasteiger partial charge in [0.1, 0.15) is 4.92 Å². The van der Waals surface area contributed by atoms with E-state index in [2.05, 4.69) is 31.9 Å². The Bertz CT molecular complexity index is 775. The van der Waals surface area contributed by atoms with Crippen LogP contribution in [0.25, 0.3) is 0 Å². The number of para-hydroxylation sites is 1. The van der Waals surface area contributed by atoms with Crippen molar-refractivity contribution in [1.29, 1.82) is 0 Å². The number of nitro groups is 2. The van der Waals surface area contributed by atoms with Gasteiger partial charge in [0.05, 0.1) is 20.6 Å². The predicted octanol–water partition coefficient (Wildman–Crippen LogP) is 4.18. The molecule has 0 spiro atoms. The number of furan rings is 1. The van der Waals surface area contributed by atoms with Crippen LogP contribution in [0.3, 0.4) is 0 Å². The highest BCUT2D eigenvalue weighted by atomic mass is 79.9. The van der Waals surface area contributed by atoms with Gasteiger partial charge < -0.3 is 4.42 Å². The van der Waals surface area contributed by atoms with Crippen LogP contribution >= 0.6 is 31.9 Å². The average Bonchev–Trinajstić information content (AvgIpc) is 3.03. The minimum atomic E-state index is -0.908. The lowest BCUT2D eigenvalue weighted by molar-refractivity contribution is -0.402. The van der Waals surface area contributed by atoms with Gasteiger partial charge in [-0.2, -0.15) is 0 Å². The molecule has 0 aliphatic rings. The summed E-state index contributed by atoms with van der Waals surface area (Å²) in [4.78, 5) is 31.0. The third-order valence-electron chi connectivity index (χ3n) is 2.95. The van der Waals surface area contributed by atoms with Crippen molar-refractivity contribution in [3.8, 4) is 0 Å². The number of Topliss-reactive ketones (excluding diaryl/α,β-unsaturated/α-hetero) is 1. The highest BCUT2D eigenvalue weighted by Crippen LogP contribution is 2.38. The van der Waals surface area contributed by atoms with Crippen molar-refractivity contribution in [1.82, 2.24) is 0 Å². The first-order valence-electron chi connectivity index (χ1n) is 6.13. The summed E-state index contributed by atoms with van der Waals surface area (Å²) in [7, 11) is 0. The Morgan fingerprint density at radius 3 is 2.26 bits per heavy atom. The first kappa shape index (κ1) is 17.3. The van der Waals surface area contributed by atoms with Crippen LogP contribution in [0.2, 0.25) is 0 Å². The second-order valence-electron chi connectivity index (χ2n) is 4.38. The molecule has 2 rings (SSSR count). The number of halogens is 2. The van der Waals surface area contributed by atoms with Crippen molar-refractivity contribution in [2.24, 2.45) is 0 Å². The van der Waals surface area contributed by atoms with Gasteiger partial charge in [-0.15, -0.1) is 0 Å². The van der Waals surface area contributed by atoms with E-state index in [0.717, 1.165) is 6.07 Å². The van der Waals surface area contributed by atoms with E-state index in [4.69, 9.17) is 4.42 Å². The minimum absolute atomic E-state index is 0.142. The zero-order valence-electron chi connectivity index (χ0n) is 11.2. The van der Waals surface area contributed by atoms with E-state index in [1.807, 2.05) is 0 Å². The van der Waals surface area contributed by atoms with Gasteiger partial charge in [-0.1, -0.05) is 50.1 Å². The zero-order chi connectivity index (χ0) is 17.1. The molecule has 0 radical (unpaired) electrons. The molecule has 1 heterocycles. The van der Waals surface area contributed by atoms with Gasteiger partial charge >= 0.3 is 5.88 Å². The van der Waals surface area contributed by atoms with Crippen LogP contribution in [0.1, 0.15) is 20.9 Å². The third-order valence-corrected chi connectivity index (χ3v) is 5.63. The smallest absolute Gasteiger partial charge is 0.397 e. The quantitative estimate of drug-likeness (QED) is 0.284. The van der Waals surface area contributed by atoms with E-state index in [9.17, 15) is 25.0 Å². The number of ketones is 1. The summed E-state index contributed by atoms with van der Waals surface area (Å²) in [6.45, 7) is 0. The molecule has 8 nitrogen and oxygen atoms in total. The fraction of sp³-hybridized carbons (Fsp3) is 0.154. The minimum Gasteiger partial charge on any atom is -0.397 e. The summed E-state index contributed by atoms with van der Waals surface area (Å²) in [6.07, 6.45) is 0. The standard InChI is InChI=1S/C13H8Br2N2O6/c14-11(7-3-1-2-4-8(7)16(19)20)12(15)13(18)9-5-6-10(23-9)17(21)22/h1-6,11-12H. The Kier molecular flexibility index (Phi) is 5.26. The molecule has 0 saturated heterocycles. The molecule has 0 fully saturated rings. The molecule has 0 aliphatic carbocycles. The summed E-state index contributed by atoms with van der Waals surface area (Å²) >= 11 is 6.42. The molecule has 120 valence electrons. The molecular weight excluding hydrogens is 440 g/mol. The third kappa shape index (κ3) is 3.64. The van der Waals surface area contributed by atoms with Crippen LogP contribution in [0.5, 0.6) is 0 Å². The second kappa shape index (κ2) is 7.01. The van der Waals surface area contributed by atoms with Gasteiger partial charge in [-0.3, -0.25) is 25.0 Å². The van der Waals surface area contributed by atoms with Crippen LogP contribution in [-0.2, 0) is 0 Å². The summed E-state index contributed by atoms with van der Waals surface area (Å²) in [5.74, 6) is -1.33. The molecule has 23 heavy (non-hydrogen) atoms. The van der Waals surface area contributed by atoms with Crippen LogP contribution in [0.15, 0.2) is 40.8 Å². The van der Waals surface area contributed by atoms with E-state index in [0.29, 0.717) is 5.56 Å². The van der Waals surface area contributed by atoms with E-state index in [1.54, 1.807) is 6.07 Å². The Morgan fingerprint density at radius 1 is 1.04 bits per heavy atom. The maximum absolute atomic E-state index is 12.3. The Hall–Kier alpha value is -2.07. The van der Waals surface area contributed by atoms with Gasteiger partial charge in [0, 0.05) is 11.6 Å². The number of benzene rings is 1. The number of hydrogen-bond donors (Lipinski definition) is 0. The molecular formula is C13H8Br2N2O6. The molecule has 1 aromatic heterocycles. The number of carbonyl (C=O) groups excluding carboxylic acids is 1. The van der Waals surface area contributed by atoms with Crippen LogP contribution in [0.4, 0.5) is 11.6 Å². The summed E-state index contributed by atoms with van der Waals surface area (Å²) in [5.41, 5.74) is 0.158. The number of carbonyl (C=O) groups is 1. The molecule has 0 aliphatic heterocycles. The molecule has 0 amide bonds. The van der Waals surface area contributed by atoms with Crippen molar-refractivity contribution in [3.63, 3.8) is 0 Å². The molecule has 0 bridgehead atoms. The first-order chi connectivity index (χ1) is 10.8. The van der Waals surface area contributed by atoms with E-state index in [1.165, 1.54) is 24.3 Å². The lowest BCUT2D eigenvalue weighted by atomic mass is 10.0. The largest absolute Gasteiger partial charge is 0.433 e. The molecule has 0 N–H and O–H groups in total. The number of nitro benzene ring substituents is 1. The van der Waals surface area contributed by atoms with Gasteiger partial charge in [-0.25, -0.2) is 0 Å². The molecule has 2 aromatic rings. The molecule has 0 saturated carbocycles. The van der Waals surface area contributed by atoms with E-state index in [-0.39, 0.29) is 11.4 Å². The SMILES string of the molecule is O=C(c1ccc([N+](=O)[O-])o1)C(Br)C(Br)c1ccccc1[N+](=O)[O-]. The van der Waals surface area contributed by atoms with Crippen molar-refractivity contribution < 1.29 is 19.1 Å². The maximum atomic E-state index is 12.3. The van der Waals surface area contributed by atoms with Gasteiger partial charge in [-0.05, 0) is 6.07 Å². The number of nitrogens with zero attached hydrogens (tertiary/aromatic N) is 2. The van der Waals surface area contributed by atoms with E-state index < -0.39 is 31.2 Å². The second-order valence-corrected chi connectivity index (χ2v) is 6.35. The molecule has 2 atom stereocenters. The summed E-state index contributed by atoms with van der Waals surface area (Å²) < 4.78 is 4.86. The zero-order valence-corrected chi connectivity index (χ0v) is 14.4. The summed E-state index contributed by atoms with van der Waals surface area (Å²) in [5, 5.41) is 21.6. The Balaban J connectivity index is 2.28. The van der Waals surface area contributed by atoms with Gasteiger partial charge in [0.25, 0.3) is 5.69 Å². The highest BCUT2D eigenvalue weighted by molar-refractivity contribution is 9.12. The maximum Gasteiger partial charge on any atom is 0.433 e. The lowest BCUT2D eigenvalue weighted by Crippen LogP contribution is -2.19. The predicted molar refractivity (Wildman–Crippen MR) is 87.2 cm³/mol. The van der Waals surface area contributed by atoms with E-state index >= 15 is 0 Å². The monoisotopic (exact) mass is 446 g/mol. The Labute approximate surface area is 146 Å². The Morgan fingerprint density at radius 2 is 1.70 bits per heavy atom. The van der Waals surface area contributed by atoms with Crippen molar-refractivity contribution in [2.45, 2.75) is 9.65 Å². The van der Waals surface area contributed by atoms with Crippen molar-refractivity contribution >= 4 is 49.2 Å². The van der Waals surface area contributed by atoms with Crippen LogP contribution < -0.4 is 0 Å². The first-order valence-corrected chi connectivity index (χ1v) is 7.96.